The van der Waals surface area contributed by atoms with E-state index in [9.17, 15) is 14.4 Å². The summed E-state index contributed by atoms with van der Waals surface area (Å²) in [5, 5.41) is 3.08. The lowest BCUT2D eigenvalue weighted by Crippen LogP contribution is -2.21. The number of thioether (sulfide) groups is 1. The van der Waals surface area contributed by atoms with Crippen LogP contribution < -0.4 is 15.7 Å². The third-order valence-corrected chi connectivity index (χ3v) is 5.62. The molecule has 0 aliphatic carbocycles. The van der Waals surface area contributed by atoms with E-state index in [0.29, 0.717) is 23.6 Å². The van der Waals surface area contributed by atoms with Gasteiger partial charge in [0.1, 0.15) is 21.6 Å². The maximum atomic E-state index is 12.4. The molecule has 1 unspecified atom stereocenters. The fourth-order valence-corrected chi connectivity index (χ4v) is 4.10. The Morgan fingerprint density at radius 1 is 1.17 bits per heavy atom. The molecule has 1 aliphatic rings. The molecule has 1 aliphatic heterocycles. The monoisotopic (exact) mass is 422 g/mol. The van der Waals surface area contributed by atoms with Crippen molar-refractivity contribution in [2.45, 2.75) is 18.6 Å². The fourth-order valence-electron chi connectivity index (χ4n) is 3.03. The van der Waals surface area contributed by atoms with Crippen LogP contribution in [0.3, 0.4) is 0 Å². The molecule has 0 fully saturated rings. The molecule has 3 aromatic rings. The maximum Gasteiger partial charge on any atom is 0.346 e. The second-order valence-corrected chi connectivity index (χ2v) is 7.75. The number of benzene rings is 2. The quantitative estimate of drug-likeness (QED) is 0.610. The molecule has 0 saturated carbocycles. The predicted octanol–water partition coefficient (Wildman–Crippen LogP) is 3.61. The number of anilines is 1. The number of carbonyl (C=O) groups is 2. The normalized spacial score (nSPS) is 15.8. The molecule has 0 bridgehead atoms. The largest absolute Gasteiger partial charge is 0.494 e. The van der Waals surface area contributed by atoms with Gasteiger partial charge in [-0.1, -0.05) is 30.0 Å². The lowest BCUT2D eigenvalue weighted by Gasteiger charge is -2.09. The first-order chi connectivity index (χ1) is 14.5. The van der Waals surface area contributed by atoms with Crippen LogP contribution >= 0.6 is 11.8 Å². The summed E-state index contributed by atoms with van der Waals surface area (Å²) in [6.45, 7) is 2.45. The molecule has 2 heterocycles. The minimum Gasteiger partial charge on any atom is -0.494 e. The molecule has 2 aromatic carbocycles. The smallest absolute Gasteiger partial charge is 0.346 e. The van der Waals surface area contributed by atoms with Gasteiger partial charge in [0.2, 0.25) is 5.91 Å². The van der Waals surface area contributed by atoms with Gasteiger partial charge in [0, 0.05) is 17.5 Å². The van der Waals surface area contributed by atoms with Crippen molar-refractivity contribution in [1.82, 2.24) is 0 Å². The lowest BCUT2D eigenvalue weighted by atomic mass is 10.2. The van der Waals surface area contributed by atoms with Gasteiger partial charge in [-0.3, -0.25) is 9.59 Å². The minimum atomic E-state index is -0.687. The molecule has 0 radical (unpaired) electrons. The van der Waals surface area contributed by atoms with E-state index in [2.05, 4.69) is 10.3 Å². The first kappa shape index (κ1) is 19.9. The maximum absolute atomic E-state index is 12.4. The van der Waals surface area contributed by atoms with Crippen molar-refractivity contribution in [3.8, 4) is 5.75 Å². The highest BCUT2D eigenvalue weighted by molar-refractivity contribution is 8.16. The zero-order valence-electron chi connectivity index (χ0n) is 16.1. The van der Waals surface area contributed by atoms with Crippen molar-refractivity contribution in [3.05, 3.63) is 70.6 Å². The van der Waals surface area contributed by atoms with Crippen LogP contribution in [-0.4, -0.2) is 28.7 Å². The first-order valence-electron chi connectivity index (χ1n) is 9.38. The number of nitrogens with one attached hydrogen (secondary N) is 1. The highest BCUT2D eigenvalue weighted by Crippen LogP contribution is 2.29. The van der Waals surface area contributed by atoms with E-state index < -0.39 is 16.8 Å². The predicted molar refractivity (Wildman–Crippen MR) is 116 cm³/mol. The Morgan fingerprint density at radius 3 is 2.70 bits per heavy atom. The first-order valence-corrected chi connectivity index (χ1v) is 10.3. The number of para-hydroxylation sites is 1. The molecule has 0 saturated heterocycles. The second kappa shape index (κ2) is 8.54. The van der Waals surface area contributed by atoms with Gasteiger partial charge in [0.25, 0.3) is 5.91 Å². The molecule has 1 aromatic heterocycles. The van der Waals surface area contributed by atoms with E-state index in [4.69, 9.17) is 9.15 Å². The summed E-state index contributed by atoms with van der Waals surface area (Å²) in [4.78, 5) is 41.0. The Bertz CT molecular complexity index is 1200. The molecular formula is C22H18N2O5S. The van der Waals surface area contributed by atoms with Gasteiger partial charge in [0.05, 0.1) is 12.2 Å². The summed E-state index contributed by atoms with van der Waals surface area (Å²) < 4.78 is 10.7. The summed E-state index contributed by atoms with van der Waals surface area (Å²) in [7, 11) is 0. The van der Waals surface area contributed by atoms with Gasteiger partial charge in [-0.2, -0.15) is 0 Å². The standard InChI is InChI=1S/C22H18N2O5S/c1-2-28-15-9-7-14(8-10-15)23-19(25)12-18-20(26)24-21(30-18)16-11-13-5-3-4-6-17(13)29-22(16)27/h3-11,18H,2,12H2,1H3,(H,23,25). The van der Waals surface area contributed by atoms with Crippen LogP contribution in [0.1, 0.15) is 18.9 Å². The molecule has 2 amide bonds. The second-order valence-electron chi connectivity index (χ2n) is 6.56. The highest BCUT2D eigenvalue weighted by Gasteiger charge is 2.32. The third kappa shape index (κ3) is 4.28. The molecule has 30 heavy (non-hydrogen) atoms. The number of aliphatic imine (C=N–C) groups is 1. The van der Waals surface area contributed by atoms with Crippen molar-refractivity contribution in [1.29, 1.82) is 0 Å². The van der Waals surface area contributed by atoms with Crippen LogP contribution in [0.25, 0.3) is 11.0 Å². The molecule has 7 nitrogen and oxygen atoms in total. The van der Waals surface area contributed by atoms with Gasteiger partial charge in [-0.25, -0.2) is 9.79 Å². The van der Waals surface area contributed by atoms with Gasteiger partial charge >= 0.3 is 5.63 Å². The summed E-state index contributed by atoms with van der Waals surface area (Å²) in [6, 6.07) is 15.7. The van der Waals surface area contributed by atoms with Gasteiger partial charge < -0.3 is 14.5 Å². The Labute approximate surface area is 176 Å². The van der Waals surface area contributed by atoms with Gasteiger partial charge in [-0.15, -0.1) is 0 Å². The summed E-state index contributed by atoms with van der Waals surface area (Å²) >= 11 is 1.10. The highest BCUT2D eigenvalue weighted by atomic mass is 32.2. The molecule has 0 spiro atoms. The SMILES string of the molecule is CCOc1ccc(NC(=O)CC2SC(c3cc4ccccc4oc3=O)=NC2=O)cc1. The van der Waals surface area contributed by atoms with Gasteiger partial charge in [-0.05, 0) is 43.3 Å². The Balaban J connectivity index is 1.43. The van der Waals surface area contributed by atoms with E-state index >= 15 is 0 Å². The number of nitrogens with zero attached hydrogens (tertiary/aromatic N) is 1. The van der Waals surface area contributed by atoms with Crippen LogP contribution in [0.2, 0.25) is 0 Å². The Morgan fingerprint density at radius 2 is 1.93 bits per heavy atom. The number of fused-ring (bicyclic) bond motifs is 1. The number of hydrogen-bond acceptors (Lipinski definition) is 6. The minimum absolute atomic E-state index is 0.0530. The Hall–Kier alpha value is -3.39. The molecular weight excluding hydrogens is 404 g/mol. The zero-order valence-corrected chi connectivity index (χ0v) is 16.9. The van der Waals surface area contributed by atoms with Crippen molar-refractivity contribution >= 4 is 45.3 Å². The van der Waals surface area contributed by atoms with Crippen molar-refractivity contribution in [2.75, 3.05) is 11.9 Å². The van der Waals surface area contributed by atoms with E-state index in [1.165, 1.54) is 0 Å². The summed E-state index contributed by atoms with van der Waals surface area (Å²) in [5.74, 6) is -0.0410. The zero-order chi connectivity index (χ0) is 21.1. The number of rotatable bonds is 6. The summed E-state index contributed by atoms with van der Waals surface area (Å²) in [6.07, 6.45) is -0.0530. The fraction of sp³-hybridized carbons (Fsp3) is 0.182. The van der Waals surface area contributed by atoms with E-state index in [0.717, 1.165) is 17.1 Å². The van der Waals surface area contributed by atoms with Crippen LogP contribution in [0.4, 0.5) is 5.69 Å². The average Bonchev–Trinajstić information content (AvgIpc) is 3.09. The van der Waals surface area contributed by atoms with Crippen molar-refractivity contribution in [3.63, 3.8) is 0 Å². The molecule has 4 rings (SSSR count). The molecule has 1 N–H and O–H groups in total. The number of carbonyl (C=O) groups excluding carboxylic acids is 2. The molecule has 1 atom stereocenters. The van der Waals surface area contributed by atoms with E-state index in [-0.39, 0.29) is 22.9 Å². The number of hydrogen-bond donors (Lipinski definition) is 1. The lowest BCUT2D eigenvalue weighted by molar-refractivity contribution is -0.121. The topological polar surface area (TPSA) is 98.0 Å². The van der Waals surface area contributed by atoms with Crippen LogP contribution in [0, 0.1) is 0 Å². The summed E-state index contributed by atoms with van der Waals surface area (Å²) in [5.41, 5.74) is 0.733. The van der Waals surface area contributed by atoms with E-state index in [1.54, 1.807) is 42.5 Å². The molecule has 8 heteroatoms. The number of ether oxygens (including phenoxy) is 1. The van der Waals surface area contributed by atoms with E-state index in [1.807, 2.05) is 19.1 Å². The van der Waals surface area contributed by atoms with Gasteiger partial charge in [0.15, 0.2) is 0 Å². The van der Waals surface area contributed by atoms with Crippen LogP contribution in [-0.2, 0) is 9.59 Å². The molecule has 152 valence electrons. The third-order valence-electron chi connectivity index (χ3n) is 4.43. The van der Waals surface area contributed by atoms with Crippen molar-refractivity contribution < 1.29 is 18.7 Å². The number of amides is 2. The Kier molecular flexibility index (Phi) is 5.67. The van der Waals surface area contributed by atoms with Crippen LogP contribution in [0.15, 0.2) is 68.8 Å². The average molecular weight is 422 g/mol. The van der Waals surface area contributed by atoms with Crippen LogP contribution in [0.5, 0.6) is 5.75 Å². The van der Waals surface area contributed by atoms with Crippen molar-refractivity contribution in [2.24, 2.45) is 4.99 Å².